The third-order valence-electron chi connectivity index (χ3n) is 5.90. The van der Waals surface area contributed by atoms with Gasteiger partial charge in [0.05, 0.1) is 27.7 Å². The summed E-state index contributed by atoms with van der Waals surface area (Å²) < 4.78 is 5.41. The van der Waals surface area contributed by atoms with Crippen molar-refractivity contribution in [2.45, 2.75) is 0 Å². The Balaban J connectivity index is 1.45. The molecule has 2 heterocycles. The van der Waals surface area contributed by atoms with Crippen molar-refractivity contribution in [1.29, 1.82) is 0 Å². The number of rotatable bonds is 3. The van der Waals surface area contributed by atoms with E-state index in [1.54, 1.807) is 54.6 Å². The largest absolute Gasteiger partial charge is 0.403 e. The van der Waals surface area contributed by atoms with E-state index in [0.29, 0.717) is 27.7 Å². The van der Waals surface area contributed by atoms with E-state index in [-0.39, 0.29) is 11.5 Å². The molecule has 6 heteroatoms. The van der Waals surface area contributed by atoms with Crippen LogP contribution in [-0.2, 0) is 0 Å². The van der Waals surface area contributed by atoms with Gasteiger partial charge in [0.2, 0.25) is 5.89 Å². The molecule has 34 heavy (non-hydrogen) atoms. The van der Waals surface area contributed by atoms with Crippen LogP contribution in [0.15, 0.2) is 106 Å². The summed E-state index contributed by atoms with van der Waals surface area (Å²) in [6, 6.07) is 28.6. The van der Waals surface area contributed by atoms with Gasteiger partial charge in [0.25, 0.3) is 11.8 Å². The van der Waals surface area contributed by atoms with Gasteiger partial charge in [-0.25, -0.2) is 14.7 Å². The van der Waals surface area contributed by atoms with Crippen molar-refractivity contribution in [3.05, 3.63) is 119 Å². The van der Waals surface area contributed by atoms with Crippen molar-refractivity contribution in [3.63, 3.8) is 0 Å². The molecule has 0 spiro atoms. The first-order valence-electron chi connectivity index (χ1n) is 10.7. The number of imide groups is 1. The van der Waals surface area contributed by atoms with Crippen molar-refractivity contribution in [1.82, 2.24) is 4.98 Å². The first-order chi connectivity index (χ1) is 16.6. The molecule has 0 unspecified atom stereocenters. The molecule has 1 aliphatic heterocycles. The third kappa shape index (κ3) is 3.04. The van der Waals surface area contributed by atoms with Crippen LogP contribution in [0.3, 0.4) is 0 Å². The lowest BCUT2D eigenvalue weighted by atomic mass is 10.0. The number of aromatic nitrogens is 1. The number of fused-ring (bicyclic) bond motifs is 2. The zero-order valence-electron chi connectivity index (χ0n) is 17.8. The number of nitrogens with zero attached hydrogens (tertiary/aromatic N) is 2. The first-order valence-corrected chi connectivity index (χ1v) is 10.7. The molecule has 0 N–H and O–H groups in total. The number of benzene rings is 4. The summed E-state index contributed by atoms with van der Waals surface area (Å²) in [5.74, 6) is -0.744. The average molecular weight is 444 g/mol. The average Bonchev–Trinajstić information content (AvgIpc) is 3.13. The predicted molar refractivity (Wildman–Crippen MR) is 129 cm³/mol. The highest BCUT2D eigenvalue weighted by atomic mass is 16.4. The third-order valence-corrected chi connectivity index (χ3v) is 5.90. The second-order valence-electron chi connectivity index (χ2n) is 7.91. The zero-order chi connectivity index (χ0) is 23.2. The minimum absolute atomic E-state index is 0.0925. The molecule has 0 saturated carbocycles. The second-order valence-corrected chi connectivity index (χ2v) is 7.91. The molecule has 5 aromatic rings. The standard InChI is InChI=1S/C28H16N2O4/c31-26-20-15-14-18(25-29-23-12-6-4-11-21(23)28(33)34-25)16-22(20)27(32)30(26)24-13-7-5-10-19(24)17-8-2-1-3-9-17/h1-16H. The van der Waals surface area contributed by atoms with Crippen molar-refractivity contribution in [3.8, 4) is 22.6 Å². The Hall–Kier alpha value is -4.84. The van der Waals surface area contributed by atoms with Crippen LogP contribution in [0, 0.1) is 0 Å². The number of carbonyl (C=O) groups is 2. The van der Waals surface area contributed by atoms with E-state index in [2.05, 4.69) is 4.98 Å². The fourth-order valence-corrected chi connectivity index (χ4v) is 4.27. The number of hydrogen-bond acceptors (Lipinski definition) is 5. The molecule has 162 valence electrons. The SMILES string of the molecule is O=C1c2ccc(-c3nc4ccccc4c(=O)o3)cc2C(=O)N1c1ccccc1-c1ccccc1. The van der Waals surface area contributed by atoms with Gasteiger partial charge in [-0.3, -0.25) is 9.59 Å². The van der Waals surface area contributed by atoms with Gasteiger partial charge in [0, 0.05) is 11.1 Å². The minimum atomic E-state index is -0.512. The predicted octanol–water partition coefficient (Wildman–Crippen LogP) is 5.32. The van der Waals surface area contributed by atoms with Gasteiger partial charge in [0.15, 0.2) is 0 Å². The molecule has 6 rings (SSSR count). The van der Waals surface area contributed by atoms with Crippen molar-refractivity contribution in [2.24, 2.45) is 0 Å². The highest BCUT2D eigenvalue weighted by Gasteiger charge is 2.38. The van der Waals surface area contributed by atoms with E-state index in [9.17, 15) is 14.4 Å². The fraction of sp³-hybridized carbons (Fsp3) is 0. The lowest BCUT2D eigenvalue weighted by molar-refractivity contribution is 0.0926. The summed E-state index contributed by atoms with van der Waals surface area (Å²) in [6.45, 7) is 0. The molecule has 6 nitrogen and oxygen atoms in total. The summed E-state index contributed by atoms with van der Waals surface area (Å²) in [5, 5.41) is 0.377. The number of amides is 2. The summed E-state index contributed by atoms with van der Waals surface area (Å²) in [7, 11) is 0. The van der Waals surface area contributed by atoms with Crippen LogP contribution in [0.5, 0.6) is 0 Å². The summed E-state index contributed by atoms with van der Waals surface area (Å²) >= 11 is 0. The maximum atomic E-state index is 13.4. The van der Waals surface area contributed by atoms with Crippen molar-refractivity contribution >= 4 is 28.4 Å². The normalized spacial score (nSPS) is 12.9. The Bertz CT molecular complexity index is 1670. The van der Waals surface area contributed by atoms with Gasteiger partial charge < -0.3 is 4.42 Å². The molecule has 0 atom stereocenters. The van der Waals surface area contributed by atoms with Gasteiger partial charge in [0.1, 0.15) is 0 Å². The van der Waals surface area contributed by atoms with Gasteiger partial charge in [-0.05, 0) is 42.0 Å². The van der Waals surface area contributed by atoms with E-state index in [1.807, 2.05) is 42.5 Å². The van der Waals surface area contributed by atoms with Crippen LogP contribution in [0.2, 0.25) is 0 Å². The maximum Gasteiger partial charge on any atom is 0.347 e. The van der Waals surface area contributed by atoms with Crippen LogP contribution in [0.4, 0.5) is 5.69 Å². The fourth-order valence-electron chi connectivity index (χ4n) is 4.27. The van der Waals surface area contributed by atoms with Crippen LogP contribution in [0.1, 0.15) is 20.7 Å². The Morgan fingerprint density at radius 3 is 2.18 bits per heavy atom. The Morgan fingerprint density at radius 2 is 1.32 bits per heavy atom. The monoisotopic (exact) mass is 444 g/mol. The van der Waals surface area contributed by atoms with Gasteiger partial charge in [-0.2, -0.15) is 0 Å². The lowest BCUT2D eigenvalue weighted by Gasteiger charge is -2.18. The molecule has 1 aromatic heterocycles. The van der Waals surface area contributed by atoms with Crippen LogP contribution >= 0.6 is 0 Å². The van der Waals surface area contributed by atoms with E-state index >= 15 is 0 Å². The molecular formula is C28H16N2O4. The molecule has 4 aromatic carbocycles. The molecule has 2 amide bonds. The van der Waals surface area contributed by atoms with Crippen LogP contribution < -0.4 is 10.5 Å². The lowest BCUT2D eigenvalue weighted by Crippen LogP contribution is -2.29. The summed E-state index contributed by atoms with van der Waals surface area (Å²) in [6.07, 6.45) is 0. The van der Waals surface area contributed by atoms with E-state index < -0.39 is 17.4 Å². The smallest absolute Gasteiger partial charge is 0.347 e. The highest BCUT2D eigenvalue weighted by molar-refractivity contribution is 6.35. The molecule has 0 aliphatic carbocycles. The Labute approximate surface area is 193 Å². The zero-order valence-corrected chi connectivity index (χ0v) is 17.8. The maximum absolute atomic E-state index is 13.4. The van der Waals surface area contributed by atoms with Crippen LogP contribution in [0.25, 0.3) is 33.5 Å². The second kappa shape index (κ2) is 7.64. The van der Waals surface area contributed by atoms with Crippen LogP contribution in [-0.4, -0.2) is 16.8 Å². The number of hydrogen-bond donors (Lipinski definition) is 0. The molecular weight excluding hydrogens is 428 g/mol. The van der Waals surface area contributed by atoms with Crippen molar-refractivity contribution < 1.29 is 14.0 Å². The quantitative estimate of drug-likeness (QED) is 0.352. The molecule has 0 fully saturated rings. The van der Waals surface area contributed by atoms with E-state index in [1.165, 1.54) is 4.90 Å². The van der Waals surface area contributed by atoms with E-state index in [0.717, 1.165) is 11.1 Å². The number of para-hydroxylation sites is 2. The molecule has 0 bridgehead atoms. The Morgan fingerprint density at radius 1 is 0.618 bits per heavy atom. The van der Waals surface area contributed by atoms with Gasteiger partial charge in [-0.15, -0.1) is 0 Å². The first kappa shape index (κ1) is 19.8. The van der Waals surface area contributed by atoms with Crippen molar-refractivity contribution in [2.75, 3.05) is 4.90 Å². The minimum Gasteiger partial charge on any atom is -0.403 e. The molecule has 0 saturated heterocycles. The summed E-state index contributed by atoms with van der Waals surface area (Å²) in [4.78, 5) is 44.8. The molecule has 0 radical (unpaired) electrons. The highest BCUT2D eigenvalue weighted by Crippen LogP contribution is 2.37. The van der Waals surface area contributed by atoms with Gasteiger partial charge >= 0.3 is 5.63 Å². The number of anilines is 1. The Kier molecular flexibility index (Phi) is 4.45. The summed E-state index contributed by atoms with van der Waals surface area (Å²) in [5.41, 5.74) is 3.15. The molecule has 1 aliphatic rings. The van der Waals surface area contributed by atoms with E-state index in [4.69, 9.17) is 4.42 Å². The topological polar surface area (TPSA) is 80.5 Å². The number of carbonyl (C=O) groups excluding carboxylic acids is 2. The van der Waals surface area contributed by atoms with Gasteiger partial charge in [-0.1, -0.05) is 60.7 Å².